The van der Waals surface area contributed by atoms with E-state index in [0.717, 1.165) is 19.6 Å². The van der Waals surface area contributed by atoms with Crippen molar-refractivity contribution in [2.24, 2.45) is 0 Å². The highest BCUT2D eigenvalue weighted by Gasteiger charge is 2.09. The van der Waals surface area contributed by atoms with Gasteiger partial charge in [-0.05, 0) is 26.4 Å². The Labute approximate surface area is 88.6 Å². The molecule has 0 aromatic heterocycles. The van der Waals surface area contributed by atoms with Gasteiger partial charge in [-0.2, -0.15) is 5.53 Å². The molecular weight excluding hydrogens is 176 g/mol. The van der Waals surface area contributed by atoms with Crippen molar-refractivity contribution in [1.29, 1.82) is 0 Å². The number of hydrazine groups is 2. The smallest absolute Gasteiger partial charge is 0.0713 e. The lowest BCUT2D eigenvalue weighted by Gasteiger charge is -2.30. The Hall–Kier alpha value is -0.160. The molecule has 0 fully saturated rings. The van der Waals surface area contributed by atoms with E-state index in [1.807, 2.05) is 12.1 Å². The molecule has 0 aliphatic carbocycles. The van der Waals surface area contributed by atoms with Crippen LogP contribution in [0.15, 0.2) is 0 Å². The molecule has 86 valence electrons. The van der Waals surface area contributed by atoms with Gasteiger partial charge in [0.05, 0.1) is 6.17 Å². The van der Waals surface area contributed by atoms with Gasteiger partial charge in [-0.25, -0.2) is 10.4 Å². The van der Waals surface area contributed by atoms with Crippen molar-refractivity contribution < 1.29 is 0 Å². The summed E-state index contributed by atoms with van der Waals surface area (Å²) in [4.78, 5) is 2.40. The van der Waals surface area contributed by atoms with E-state index < -0.39 is 0 Å². The molecule has 0 saturated carbocycles. The third kappa shape index (κ3) is 5.54. The van der Waals surface area contributed by atoms with E-state index in [1.54, 1.807) is 0 Å². The molecule has 14 heavy (non-hydrogen) atoms. The minimum atomic E-state index is 0.369. The minimum Gasteiger partial charge on any atom is -0.288 e. The standard InChI is InChI=1S/C10H26N4/c1-6-9-14(8-3)10(4)11-12-13(5)7-2/h10-12H,6-9H2,1-5H3. The maximum absolute atomic E-state index is 3.27. The van der Waals surface area contributed by atoms with E-state index >= 15 is 0 Å². The Morgan fingerprint density at radius 3 is 2.21 bits per heavy atom. The monoisotopic (exact) mass is 202 g/mol. The van der Waals surface area contributed by atoms with Crippen LogP contribution in [0.25, 0.3) is 0 Å². The fraction of sp³-hybridized carbons (Fsp3) is 1.00. The molecule has 0 amide bonds. The molecule has 0 aliphatic heterocycles. The highest BCUT2D eigenvalue weighted by Crippen LogP contribution is 1.95. The quantitative estimate of drug-likeness (QED) is 0.454. The second-order valence-corrected chi connectivity index (χ2v) is 3.57. The molecule has 0 bridgehead atoms. The van der Waals surface area contributed by atoms with Crippen LogP contribution in [-0.2, 0) is 0 Å². The van der Waals surface area contributed by atoms with Crippen LogP contribution in [0.4, 0.5) is 0 Å². The van der Waals surface area contributed by atoms with Crippen molar-refractivity contribution in [3.05, 3.63) is 0 Å². The van der Waals surface area contributed by atoms with Crippen molar-refractivity contribution in [3.8, 4) is 0 Å². The molecule has 0 aromatic carbocycles. The van der Waals surface area contributed by atoms with Gasteiger partial charge in [0.25, 0.3) is 0 Å². The second kappa shape index (κ2) is 8.17. The summed E-state index contributed by atoms with van der Waals surface area (Å²) >= 11 is 0. The molecule has 1 unspecified atom stereocenters. The molecule has 0 heterocycles. The molecule has 4 nitrogen and oxygen atoms in total. The van der Waals surface area contributed by atoms with Crippen LogP contribution in [-0.4, -0.2) is 42.8 Å². The Morgan fingerprint density at radius 2 is 1.79 bits per heavy atom. The van der Waals surface area contributed by atoms with E-state index in [9.17, 15) is 0 Å². The lowest BCUT2D eigenvalue weighted by molar-refractivity contribution is 0.109. The van der Waals surface area contributed by atoms with Gasteiger partial charge < -0.3 is 0 Å². The maximum Gasteiger partial charge on any atom is 0.0713 e. The number of rotatable bonds is 8. The Morgan fingerprint density at radius 1 is 1.14 bits per heavy atom. The molecule has 4 heteroatoms. The van der Waals surface area contributed by atoms with Gasteiger partial charge >= 0.3 is 0 Å². The van der Waals surface area contributed by atoms with Gasteiger partial charge in [0.1, 0.15) is 0 Å². The van der Waals surface area contributed by atoms with Crippen molar-refractivity contribution >= 4 is 0 Å². The van der Waals surface area contributed by atoms with Crippen molar-refractivity contribution in [2.45, 2.75) is 40.3 Å². The van der Waals surface area contributed by atoms with Crippen LogP contribution >= 0.6 is 0 Å². The Kier molecular flexibility index (Phi) is 8.08. The molecule has 0 spiro atoms. The predicted molar refractivity (Wildman–Crippen MR) is 61.6 cm³/mol. The summed E-state index contributed by atoms with van der Waals surface area (Å²) in [5.41, 5.74) is 6.42. The number of hydrogen-bond acceptors (Lipinski definition) is 4. The molecule has 2 N–H and O–H groups in total. The zero-order chi connectivity index (χ0) is 11.0. The van der Waals surface area contributed by atoms with E-state index in [4.69, 9.17) is 0 Å². The second-order valence-electron chi connectivity index (χ2n) is 3.57. The van der Waals surface area contributed by atoms with Gasteiger partial charge in [-0.1, -0.05) is 20.8 Å². The predicted octanol–water partition coefficient (Wildman–Crippen LogP) is 1.03. The van der Waals surface area contributed by atoms with E-state index in [1.165, 1.54) is 6.42 Å². The van der Waals surface area contributed by atoms with Crippen LogP contribution in [0.2, 0.25) is 0 Å². The minimum absolute atomic E-state index is 0.369. The summed E-state index contributed by atoms with van der Waals surface area (Å²) in [6, 6.07) is 0. The first-order valence-corrected chi connectivity index (χ1v) is 5.62. The van der Waals surface area contributed by atoms with Gasteiger partial charge in [-0.3, -0.25) is 4.90 Å². The maximum atomic E-state index is 3.27. The van der Waals surface area contributed by atoms with Crippen LogP contribution in [0.1, 0.15) is 34.1 Å². The molecule has 1 atom stereocenters. The highest BCUT2D eigenvalue weighted by molar-refractivity contribution is 4.60. The summed E-state index contributed by atoms with van der Waals surface area (Å²) in [5, 5.41) is 2.02. The van der Waals surface area contributed by atoms with Crippen LogP contribution in [0, 0.1) is 0 Å². The third-order valence-electron chi connectivity index (χ3n) is 2.40. The summed E-state index contributed by atoms with van der Waals surface area (Å²) in [5.74, 6) is 0. The SMILES string of the molecule is CCCN(CC)C(C)NNN(C)CC. The van der Waals surface area contributed by atoms with Gasteiger partial charge in [0, 0.05) is 13.6 Å². The molecule has 0 saturated heterocycles. The van der Waals surface area contributed by atoms with Gasteiger partial charge in [0.2, 0.25) is 0 Å². The lowest BCUT2D eigenvalue weighted by Crippen LogP contribution is -2.54. The lowest BCUT2D eigenvalue weighted by atomic mass is 10.4. The average molecular weight is 202 g/mol. The van der Waals surface area contributed by atoms with Crippen LogP contribution in [0.3, 0.4) is 0 Å². The zero-order valence-corrected chi connectivity index (χ0v) is 10.3. The highest BCUT2D eigenvalue weighted by atomic mass is 15.7. The Balaban J connectivity index is 3.73. The first-order chi connectivity index (χ1) is 6.65. The fourth-order valence-electron chi connectivity index (χ4n) is 1.29. The molecular formula is C10H26N4. The molecule has 0 radical (unpaired) electrons. The van der Waals surface area contributed by atoms with Crippen molar-refractivity contribution in [1.82, 2.24) is 20.9 Å². The first-order valence-electron chi connectivity index (χ1n) is 5.62. The molecule has 0 aromatic rings. The summed E-state index contributed by atoms with van der Waals surface area (Å²) < 4.78 is 0. The first kappa shape index (κ1) is 13.8. The van der Waals surface area contributed by atoms with Gasteiger partial charge in [-0.15, -0.1) is 0 Å². The molecule has 0 rings (SSSR count). The van der Waals surface area contributed by atoms with E-state index in [-0.39, 0.29) is 0 Å². The van der Waals surface area contributed by atoms with Crippen LogP contribution < -0.4 is 11.0 Å². The van der Waals surface area contributed by atoms with E-state index in [2.05, 4.69) is 43.6 Å². The van der Waals surface area contributed by atoms with Gasteiger partial charge in [0.15, 0.2) is 0 Å². The van der Waals surface area contributed by atoms with Crippen molar-refractivity contribution in [2.75, 3.05) is 26.7 Å². The normalized spacial score (nSPS) is 13.9. The summed E-state index contributed by atoms with van der Waals surface area (Å²) in [6.45, 7) is 11.9. The fourth-order valence-corrected chi connectivity index (χ4v) is 1.29. The number of nitrogens with one attached hydrogen (secondary N) is 2. The average Bonchev–Trinajstić information content (AvgIpc) is 2.21. The summed E-state index contributed by atoms with van der Waals surface area (Å²) in [7, 11) is 2.02. The molecule has 0 aliphatic rings. The van der Waals surface area contributed by atoms with Crippen LogP contribution in [0.5, 0.6) is 0 Å². The number of nitrogens with zero attached hydrogens (tertiary/aromatic N) is 2. The largest absolute Gasteiger partial charge is 0.288 e. The topological polar surface area (TPSA) is 30.5 Å². The third-order valence-corrected chi connectivity index (χ3v) is 2.40. The van der Waals surface area contributed by atoms with Crippen molar-refractivity contribution in [3.63, 3.8) is 0 Å². The number of hydrogen-bond donors (Lipinski definition) is 2. The summed E-state index contributed by atoms with van der Waals surface area (Å²) in [6.07, 6.45) is 1.57. The Bertz CT molecular complexity index is 129. The zero-order valence-electron chi connectivity index (χ0n) is 10.3. The van der Waals surface area contributed by atoms with E-state index in [0.29, 0.717) is 6.17 Å².